The molecule has 2 rings (SSSR count). The molecule has 18 heavy (non-hydrogen) atoms. The molecule has 6 heteroatoms. The van der Waals surface area contributed by atoms with Crippen LogP contribution >= 0.6 is 0 Å². The first-order chi connectivity index (χ1) is 8.49. The van der Waals surface area contributed by atoms with E-state index in [1.54, 1.807) is 4.90 Å². The van der Waals surface area contributed by atoms with Gasteiger partial charge >= 0.3 is 0 Å². The molecular formula is C12H22N2O3S. The standard InChI is InChI=1S/C12H22N2O3S/c1-2-12(5-3-6-13-12)11(15)14-7-4-9-18(16,17)10-8-14/h13H,2-10H2,1H3. The second-order valence-corrected chi connectivity index (χ2v) is 7.57. The number of hydrogen-bond acceptors (Lipinski definition) is 4. The average Bonchev–Trinajstić information content (AvgIpc) is 2.75. The molecule has 0 radical (unpaired) electrons. The summed E-state index contributed by atoms with van der Waals surface area (Å²) >= 11 is 0. The second-order valence-electron chi connectivity index (χ2n) is 5.26. The molecule has 2 aliphatic rings. The highest BCUT2D eigenvalue weighted by Gasteiger charge is 2.42. The van der Waals surface area contributed by atoms with Gasteiger partial charge in [0, 0.05) is 13.1 Å². The van der Waals surface area contributed by atoms with Gasteiger partial charge in [0.1, 0.15) is 0 Å². The van der Waals surface area contributed by atoms with Gasteiger partial charge in [-0.15, -0.1) is 0 Å². The molecule has 0 aromatic rings. The third kappa shape index (κ3) is 2.69. The Morgan fingerprint density at radius 2 is 2.06 bits per heavy atom. The Morgan fingerprint density at radius 3 is 2.67 bits per heavy atom. The summed E-state index contributed by atoms with van der Waals surface area (Å²) < 4.78 is 23.1. The number of hydrogen-bond donors (Lipinski definition) is 1. The Balaban J connectivity index is 2.09. The highest BCUT2D eigenvalue weighted by molar-refractivity contribution is 7.91. The summed E-state index contributed by atoms with van der Waals surface area (Å²) in [5, 5.41) is 3.32. The first kappa shape index (κ1) is 13.8. The van der Waals surface area contributed by atoms with Crippen molar-refractivity contribution in [1.29, 1.82) is 0 Å². The van der Waals surface area contributed by atoms with Gasteiger partial charge in [-0.25, -0.2) is 8.42 Å². The van der Waals surface area contributed by atoms with Crippen molar-refractivity contribution < 1.29 is 13.2 Å². The molecule has 0 spiro atoms. The molecule has 2 fully saturated rings. The van der Waals surface area contributed by atoms with E-state index >= 15 is 0 Å². The summed E-state index contributed by atoms with van der Waals surface area (Å²) in [6.45, 7) is 3.82. The van der Waals surface area contributed by atoms with E-state index in [1.807, 2.05) is 6.92 Å². The highest BCUT2D eigenvalue weighted by atomic mass is 32.2. The van der Waals surface area contributed by atoms with Gasteiger partial charge in [-0.3, -0.25) is 4.79 Å². The van der Waals surface area contributed by atoms with Crippen molar-refractivity contribution in [3.05, 3.63) is 0 Å². The normalized spacial score (nSPS) is 32.2. The minimum atomic E-state index is -2.95. The largest absolute Gasteiger partial charge is 0.340 e. The Morgan fingerprint density at radius 1 is 1.28 bits per heavy atom. The lowest BCUT2D eigenvalue weighted by Crippen LogP contribution is -2.55. The van der Waals surface area contributed by atoms with E-state index < -0.39 is 15.4 Å². The van der Waals surface area contributed by atoms with Gasteiger partial charge in [0.2, 0.25) is 5.91 Å². The fourth-order valence-electron chi connectivity index (χ4n) is 2.89. The first-order valence-corrected chi connectivity index (χ1v) is 8.56. The molecule has 104 valence electrons. The SMILES string of the molecule is CCC1(C(=O)N2CCCS(=O)(=O)CC2)CCCN1. The van der Waals surface area contributed by atoms with Gasteiger partial charge in [-0.2, -0.15) is 0 Å². The van der Waals surface area contributed by atoms with Crippen molar-refractivity contribution in [3.8, 4) is 0 Å². The molecule has 2 aliphatic heterocycles. The lowest BCUT2D eigenvalue weighted by atomic mass is 9.92. The molecule has 5 nitrogen and oxygen atoms in total. The lowest BCUT2D eigenvalue weighted by Gasteiger charge is -2.33. The van der Waals surface area contributed by atoms with Crippen molar-refractivity contribution in [2.24, 2.45) is 0 Å². The quantitative estimate of drug-likeness (QED) is 0.779. The number of nitrogens with zero attached hydrogens (tertiary/aromatic N) is 1. The molecule has 1 unspecified atom stereocenters. The highest BCUT2D eigenvalue weighted by Crippen LogP contribution is 2.26. The van der Waals surface area contributed by atoms with Gasteiger partial charge in [0.15, 0.2) is 9.84 Å². The van der Waals surface area contributed by atoms with Crippen LogP contribution in [0.4, 0.5) is 0 Å². The summed E-state index contributed by atoms with van der Waals surface area (Å²) in [6.07, 6.45) is 3.22. The van der Waals surface area contributed by atoms with E-state index in [2.05, 4.69) is 5.32 Å². The Kier molecular flexibility index (Phi) is 3.96. The maximum atomic E-state index is 12.6. The van der Waals surface area contributed by atoms with E-state index in [1.165, 1.54) is 0 Å². The van der Waals surface area contributed by atoms with Gasteiger partial charge in [0.25, 0.3) is 0 Å². The lowest BCUT2D eigenvalue weighted by molar-refractivity contribution is -0.137. The fraction of sp³-hybridized carbons (Fsp3) is 0.917. The van der Waals surface area contributed by atoms with E-state index in [0.717, 1.165) is 25.8 Å². The molecule has 0 saturated carbocycles. The molecule has 2 heterocycles. The number of rotatable bonds is 2. The number of carbonyl (C=O) groups excluding carboxylic acids is 1. The second kappa shape index (κ2) is 5.17. The first-order valence-electron chi connectivity index (χ1n) is 6.74. The van der Waals surface area contributed by atoms with Crippen LogP contribution in [0.1, 0.15) is 32.6 Å². The summed E-state index contributed by atoms with van der Waals surface area (Å²) in [5.74, 6) is 0.418. The van der Waals surface area contributed by atoms with E-state index in [0.29, 0.717) is 19.5 Å². The number of sulfone groups is 1. The van der Waals surface area contributed by atoms with Crippen molar-refractivity contribution in [3.63, 3.8) is 0 Å². The van der Waals surface area contributed by atoms with E-state index in [4.69, 9.17) is 0 Å². The predicted molar refractivity (Wildman–Crippen MR) is 70.1 cm³/mol. The van der Waals surface area contributed by atoms with Crippen molar-refractivity contribution in [2.75, 3.05) is 31.1 Å². The molecular weight excluding hydrogens is 252 g/mol. The van der Waals surface area contributed by atoms with Crippen LogP contribution in [0.3, 0.4) is 0 Å². The summed E-state index contributed by atoms with van der Waals surface area (Å²) in [4.78, 5) is 14.3. The molecule has 2 saturated heterocycles. The average molecular weight is 274 g/mol. The summed E-state index contributed by atoms with van der Waals surface area (Å²) in [6, 6.07) is 0. The zero-order chi connectivity index (χ0) is 13.2. The monoisotopic (exact) mass is 274 g/mol. The third-order valence-electron chi connectivity index (χ3n) is 4.10. The Bertz CT molecular complexity index is 413. The number of amides is 1. The van der Waals surface area contributed by atoms with Crippen molar-refractivity contribution in [1.82, 2.24) is 10.2 Å². The maximum Gasteiger partial charge on any atom is 0.242 e. The number of carbonyl (C=O) groups is 1. The predicted octanol–water partition coefficient (Wildman–Crippen LogP) is 0.166. The van der Waals surface area contributed by atoms with Crippen LogP contribution in [-0.2, 0) is 14.6 Å². The summed E-state index contributed by atoms with van der Waals surface area (Å²) in [5.41, 5.74) is -0.436. The molecule has 1 N–H and O–H groups in total. The molecule has 0 bridgehead atoms. The topological polar surface area (TPSA) is 66.5 Å². The molecule has 0 aromatic carbocycles. The van der Waals surface area contributed by atoms with Crippen LogP contribution in [0.15, 0.2) is 0 Å². The van der Waals surface area contributed by atoms with Gasteiger partial charge in [-0.1, -0.05) is 6.92 Å². The Labute approximate surface area is 109 Å². The zero-order valence-corrected chi connectivity index (χ0v) is 11.8. The van der Waals surface area contributed by atoms with Crippen molar-refractivity contribution in [2.45, 2.75) is 38.1 Å². The Hall–Kier alpha value is -0.620. The van der Waals surface area contributed by atoms with Crippen LogP contribution in [0.25, 0.3) is 0 Å². The minimum absolute atomic E-state index is 0.0969. The van der Waals surface area contributed by atoms with Gasteiger partial charge < -0.3 is 10.2 Å². The zero-order valence-electron chi connectivity index (χ0n) is 10.9. The fourth-order valence-corrected chi connectivity index (χ4v) is 4.16. The number of nitrogens with one attached hydrogen (secondary N) is 1. The van der Waals surface area contributed by atoms with Gasteiger partial charge in [-0.05, 0) is 32.2 Å². The van der Waals surface area contributed by atoms with E-state index in [-0.39, 0.29) is 17.4 Å². The van der Waals surface area contributed by atoms with Crippen LogP contribution in [0.5, 0.6) is 0 Å². The van der Waals surface area contributed by atoms with Crippen LogP contribution in [0.2, 0.25) is 0 Å². The smallest absolute Gasteiger partial charge is 0.242 e. The van der Waals surface area contributed by atoms with Gasteiger partial charge in [0.05, 0.1) is 17.0 Å². The van der Waals surface area contributed by atoms with Crippen LogP contribution < -0.4 is 5.32 Å². The van der Waals surface area contributed by atoms with E-state index in [9.17, 15) is 13.2 Å². The van der Waals surface area contributed by atoms with Crippen molar-refractivity contribution >= 4 is 15.7 Å². The maximum absolute atomic E-state index is 12.6. The molecule has 1 amide bonds. The minimum Gasteiger partial charge on any atom is -0.340 e. The van der Waals surface area contributed by atoms with Crippen LogP contribution in [-0.4, -0.2) is 55.9 Å². The third-order valence-corrected chi connectivity index (χ3v) is 5.81. The van der Waals surface area contributed by atoms with Crippen LogP contribution in [0, 0.1) is 0 Å². The molecule has 1 atom stereocenters. The molecule has 0 aromatic heterocycles. The summed E-state index contributed by atoms with van der Waals surface area (Å²) in [7, 11) is -2.95. The molecule has 0 aliphatic carbocycles.